The van der Waals surface area contributed by atoms with Gasteiger partial charge in [-0.3, -0.25) is 0 Å². The molecule has 0 radical (unpaired) electrons. The summed E-state index contributed by atoms with van der Waals surface area (Å²) in [5.74, 6) is 0. The third kappa shape index (κ3) is 3.56. The average Bonchev–Trinajstić information content (AvgIpc) is 2.35. The highest BCUT2D eigenvalue weighted by molar-refractivity contribution is 5.36. The topological polar surface area (TPSA) is 20.2 Å². The van der Waals surface area contributed by atoms with Crippen molar-refractivity contribution in [1.29, 1.82) is 0 Å². The third-order valence-corrected chi connectivity index (χ3v) is 3.37. The number of rotatable bonds is 5. The molecule has 1 aromatic carbocycles. The predicted molar refractivity (Wildman–Crippen MR) is 70.4 cm³/mol. The first-order chi connectivity index (χ1) is 9.97. The lowest BCUT2D eigenvalue weighted by atomic mass is 9.88. The molecule has 1 rings (SSSR count). The van der Waals surface area contributed by atoms with Crippen molar-refractivity contribution in [2.75, 3.05) is 0 Å². The predicted octanol–water partition coefficient (Wildman–Crippen LogP) is 4.90. The number of aliphatic hydroxyl groups is 1. The smallest absolute Gasteiger partial charge is 0.369 e. The lowest BCUT2D eigenvalue weighted by molar-refractivity contribution is -0.376. The molecule has 0 aliphatic rings. The molecule has 0 spiro atoms. The maximum atomic E-state index is 13.0. The Kier molecular flexibility index (Phi) is 5.54. The Morgan fingerprint density at radius 3 is 1.41 bits per heavy atom. The molecule has 0 bridgehead atoms. The van der Waals surface area contributed by atoms with Crippen molar-refractivity contribution in [3.63, 3.8) is 0 Å². The summed E-state index contributed by atoms with van der Waals surface area (Å²) in [6.45, 7) is 3.54. The number of aryl methyl sites for hydroxylation is 2. The molecule has 1 N–H and O–H groups in total. The van der Waals surface area contributed by atoms with Gasteiger partial charge in [-0.05, 0) is 24.0 Å². The van der Waals surface area contributed by atoms with Crippen LogP contribution in [0, 0.1) is 0 Å². The van der Waals surface area contributed by atoms with Crippen molar-refractivity contribution in [3.05, 3.63) is 34.9 Å². The highest BCUT2D eigenvalue weighted by Crippen LogP contribution is 2.50. The van der Waals surface area contributed by atoms with Gasteiger partial charge in [-0.1, -0.05) is 44.9 Å². The molecule has 0 amide bonds. The number of halogens is 6. The fourth-order valence-corrected chi connectivity index (χ4v) is 2.33. The summed E-state index contributed by atoms with van der Waals surface area (Å²) in [6.07, 6.45) is -9.86. The van der Waals surface area contributed by atoms with Gasteiger partial charge in [0.25, 0.3) is 5.60 Å². The zero-order valence-electron chi connectivity index (χ0n) is 12.3. The van der Waals surface area contributed by atoms with Crippen LogP contribution in [0.2, 0.25) is 0 Å². The average molecular weight is 328 g/mol. The summed E-state index contributed by atoms with van der Waals surface area (Å²) in [7, 11) is 0. The second-order valence-corrected chi connectivity index (χ2v) is 5.24. The Bertz CT molecular complexity index is 465. The summed E-state index contributed by atoms with van der Waals surface area (Å²) in [6, 6.07) is 3.18. The van der Waals surface area contributed by atoms with Gasteiger partial charge >= 0.3 is 12.4 Å². The molecule has 0 fully saturated rings. The van der Waals surface area contributed by atoms with Gasteiger partial charge < -0.3 is 5.11 Å². The van der Waals surface area contributed by atoms with Crippen molar-refractivity contribution in [2.24, 2.45) is 0 Å². The van der Waals surface area contributed by atoms with Gasteiger partial charge in [0.15, 0.2) is 0 Å². The van der Waals surface area contributed by atoms with Crippen LogP contribution in [0.1, 0.15) is 43.4 Å². The van der Waals surface area contributed by atoms with Crippen LogP contribution in [0.15, 0.2) is 18.2 Å². The van der Waals surface area contributed by atoms with E-state index < -0.39 is 23.5 Å². The molecule has 0 saturated heterocycles. The van der Waals surface area contributed by atoms with Crippen LogP contribution in [-0.2, 0) is 18.4 Å². The number of hydrogen-bond acceptors (Lipinski definition) is 1. The Morgan fingerprint density at radius 2 is 1.14 bits per heavy atom. The molecular formula is C15H18F6O. The highest BCUT2D eigenvalue weighted by Gasteiger charge is 2.71. The fourth-order valence-electron chi connectivity index (χ4n) is 2.33. The summed E-state index contributed by atoms with van der Waals surface area (Å²) in [5, 5.41) is 9.49. The Hall–Kier alpha value is -1.24. The lowest BCUT2D eigenvalue weighted by Crippen LogP contribution is -2.54. The van der Waals surface area contributed by atoms with E-state index in [0.29, 0.717) is 36.8 Å². The molecule has 1 nitrogen and oxygen atoms in total. The van der Waals surface area contributed by atoms with E-state index >= 15 is 0 Å². The second kappa shape index (κ2) is 6.48. The summed E-state index contributed by atoms with van der Waals surface area (Å²) in [4.78, 5) is 0. The minimum atomic E-state index is -5.85. The Balaban J connectivity index is 3.54. The first-order valence-electron chi connectivity index (χ1n) is 6.96. The number of hydrogen-bond donors (Lipinski definition) is 1. The molecule has 0 unspecified atom stereocenters. The maximum absolute atomic E-state index is 13.0. The van der Waals surface area contributed by atoms with Gasteiger partial charge in [0.05, 0.1) is 0 Å². The minimum Gasteiger partial charge on any atom is -0.369 e. The van der Waals surface area contributed by atoms with Crippen LogP contribution in [-0.4, -0.2) is 17.5 Å². The molecule has 126 valence electrons. The Morgan fingerprint density at radius 1 is 0.773 bits per heavy atom. The van der Waals surface area contributed by atoms with Gasteiger partial charge in [-0.2, -0.15) is 26.3 Å². The molecule has 0 aromatic heterocycles. The van der Waals surface area contributed by atoms with Crippen molar-refractivity contribution in [2.45, 2.75) is 57.5 Å². The largest absolute Gasteiger partial charge is 0.430 e. The van der Waals surface area contributed by atoms with E-state index in [1.54, 1.807) is 19.9 Å². The minimum absolute atomic E-state index is 0.344. The van der Waals surface area contributed by atoms with Gasteiger partial charge in [-0.15, -0.1) is 0 Å². The highest BCUT2D eigenvalue weighted by atomic mass is 19.4. The zero-order chi connectivity index (χ0) is 17.2. The Labute approximate surface area is 125 Å². The van der Waals surface area contributed by atoms with Gasteiger partial charge in [-0.25, -0.2) is 0 Å². The van der Waals surface area contributed by atoms with Crippen LogP contribution in [0.25, 0.3) is 0 Å². The SMILES string of the molecule is CCCc1cc(CCC)cc(C(O)(C(F)(F)F)C(F)(F)F)c1. The zero-order valence-corrected chi connectivity index (χ0v) is 12.3. The van der Waals surface area contributed by atoms with Gasteiger partial charge in [0.2, 0.25) is 0 Å². The third-order valence-electron chi connectivity index (χ3n) is 3.37. The van der Waals surface area contributed by atoms with Crippen LogP contribution < -0.4 is 0 Å². The van der Waals surface area contributed by atoms with Crippen LogP contribution in [0.4, 0.5) is 26.3 Å². The fraction of sp³-hybridized carbons (Fsp3) is 0.600. The van der Waals surface area contributed by atoms with E-state index in [-0.39, 0.29) is 0 Å². The lowest BCUT2D eigenvalue weighted by Gasteiger charge is -2.33. The standard InChI is InChI=1S/C15H18F6O/c1-3-5-10-7-11(6-4-2)9-12(8-10)13(22,14(16,17)18)15(19,20)21/h7-9,22H,3-6H2,1-2H3. The number of benzene rings is 1. The maximum Gasteiger partial charge on any atom is 0.430 e. The normalized spacial score (nSPS) is 13.5. The number of alkyl halides is 6. The van der Waals surface area contributed by atoms with Crippen LogP contribution >= 0.6 is 0 Å². The molecule has 7 heteroatoms. The molecule has 0 saturated carbocycles. The summed E-state index contributed by atoms with van der Waals surface area (Å²) < 4.78 is 77.7. The van der Waals surface area contributed by atoms with E-state index in [9.17, 15) is 31.4 Å². The van der Waals surface area contributed by atoms with E-state index in [4.69, 9.17) is 0 Å². The molecule has 0 heterocycles. The molecule has 0 atom stereocenters. The summed E-state index contributed by atoms with van der Waals surface area (Å²) >= 11 is 0. The van der Waals surface area contributed by atoms with Crippen molar-refractivity contribution in [1.82, 2.24) is 0 Å². The van der Waals surface area contributed by atoms with Crippen molar-refractivity contribution >= 4 is 0 Å². The van der Waals surface area contributed by atoms with Crippen LogP contribution in [0.5, 0.6) is 0 Å². The molecule has 0 aliphatic carbocycles. The van der Waals surface area contributed by atoms with E-state index in [2.05, 4.69) is 0 Å². The second-order valence-electron chi connectivity index (χ2n) is 5.24. The molecule has 22 heavy (non-hydrogen) atoms. The van der Waals surface area contributed by atoms with Gasteiger partial charge in [0.1, 0.15) is 0 Å². The quantitative estimate of drug-likeness (QED) is 0.762. The first-order valence-corrected chi connectivity index (χ1v) is 6.96. The van der Waals surface area contributed by atoms with E-state index in [1.807, 2.05) is 0 Å². The van der Waals surface area contributed by atoms with Crippen LogP contribution in [0.3, 0.4) is 0 Å². The van der Waals surface area contributed by atoms with Crippen molar-refractivity contribution < 1.29 is 31.4 Å². The summed E-state index contributed by atoms with van der Waals surface area (Å²) in [5.41, 5.74) is -5.31. The molecular weight excluding hydrogens is 310 g/mol. The molecule has 1 aromatic rings. The monoisotopic (exact) mass is 328 g/mol. The van der Waals surface area contributed by atoms with E-state index in [1.165, 1.54) is 0 Å². The molecule has 0 aliphatic heterocycles. The van der Waals surface area contributed by atoms with Gasteiger partial charge in [0, 0.05) is 5.56 Å². The van der Waals surface area contributed by atoms with E-state index in [0.717, 1.165) is 12.1 Å². The van der Waals surface area contributed by atoms with Crippen molar-refractivity contribution in [3.8, 4) is 0 Å². The first kappa shape index (κ1) is 18.8.